The molecule has 4 rings (SSSR count). The van der Waals surface area contributed by atoms with E-state index in [2.05, 4.69) is 48.0 Å². The molecule has 0 aliphatic carbocycles. The van der Waals surface area contributed by atoms with Gasteiger partial charge in [0.05, 0.1) is 6.42 Å². The molecule has 1 amide bonds. The molecule has 0 radical (unpaired) electrons. The van der Waals surface area contributed by atoms with E-state index >= 15 is 0 Å². The summed E-state index contributed by atoms with van der Waals surface area (Å²) >= 11 is 1.67. The van der Waals surface area contributed by atoms with Crippen molar-refractivity contribution in [2.45, 2.75) is 31.7 Å². The van der Waals surface area contributed by atoms with Crippen LogP contribution in [0.3, 0.4) is 0 Å². The molecule has 0 bridgehead atoms. The van der Waals surface area contributed by atoms with Crippen LogP contribution in [0.5, 0.6) is 0 Å². The number of carbonyl (C=O) groups excluding carboxylic acids is 1. The number of rotatable bonds is 2. The SMILES string of the molecule is Cc1ccc2c(c1)C1CN(C)CCC1N2C(=O)Cc1cccs1.[Cl-]. The maximum Gasteiger partial charge on any atom is 0.232 e. The van der Waals surface area contributed by atoms with E-state index in [1.54, 1.807) is 11.3 Å². The lowest BCUT2D eigenvalue weighted by Crippen LogP contribution is -3.00. The number of benzene rings is 1. The number of hydrogen-bond donors (Lipinski definition) is 0. The first kappa shape index (κ1) is 17.5. The highest BCUT2D eigenvalue weighted by molar-refractivity contribution is 7.10. The van der Waals surface area contributed by atoms with Gasteiger partial charge < -0.3 is 22.2 Å². The van der Waals surface area contributed by atoms with Crippen molar-refractivity contribution in [2.24, 2.45) is 0 Å². The van der Waals surface area contributed by atoms with Gasteiger partial charge in [-0.25, -0.2) is 0 Å². The molecule has 2 aromatic rings. The van der Waals surface area contributed by atoms with E-state index in [4.69, 9.17) is 0 Å². The van der Waals surface area contributed by atoms with Gasteiger partial charge in [-0.3, -0.25) is 4.79 Å². The Balaban J connectivity index is 0.00000169. The number of piperidine rings is 1. The van der Waals surface area contributed by atoms with Crippen molar-refractivity contribution in [2.75, 3.05) is 25.0 Å². The summed E-state index contributed by atoms with van der Waals surface area (Å²) in [6.45, 7) is 4.25. The molecule has 0 N–H and O–H groups in total. The van der Waals surface area contributed by atoms with Crippen molar-refractivity contribution < 1.29 is 17.2 Å². The third-order valence-electron chi connectivity index (χ3n) is 5.13. The zero-order valence-corrected chi connectivity index (χ0v) is 15.6. The molecule has 1 aromatic heterocycles. The maximum absolute atomic E-state index is 13.0. The van der Waals surface area contributed by atoms with Gasteiger partial charge in [0.1, 0.15) is 0 Å². The highest BCUT2D eigenvalue weighted by atomic mass is 35.5. The van der Waals surface area contributed by atoms with Crippen LogP contribution in [-0.2, 0) is 11.2 Å². The average Bonchev–Trinajstić information content (AvgIpc) is 3.13. The summed E-state index contributed by atoms with van der Waals surface area (Å²) in [4.78, 5) is 18.7. The average molecular weight is 362 g/mol. The Morgan fingerprint density at radius 3 is 2.92 bits per heavy atom. The van der Waals surface area contributed by atoms with Gasteiger partial charge in [-0.15, -0.1) is 11.3 Å². The fraction of sp³-hybridized carbons (Fsp3) is 0.421. The molecule has 2 aliphatic rings. The highest BCUT2D eigenvalue weighted by Crippen LogP contribution is 2.45. The Hall–Kier alpha value is -1.36. The minimum Gasteiger partial charge on any atom is -1.00 e. The lowest BCUT2D eigenvalue weighted by atomic mass is 9.89. The summed E-state index contributed by atoms with van der Waals surface area (Å²) in [6, 6.07) is 11.0. The van der Waals surface area contributed by atoms with E-state index in [9.17, 15) is 4.79 Å². The second-order valence-electron chi connectivity index (χ2n) is 6.81. The lowest BCUT2D eigenvalue weighted by molar-refractivity contribution is -0.118. The fourth-order valence-electron chi connectivity index (χ4n) is 4.05. The molecule has 24 heavy (non-hydrogen) atoms. The minimum atomic E-state index is 0. The molecule has 1 fully saturated rings. The van der Waals surface area contributed by atoms with Gasteiger partial charge in [0.15, 0.2) is 0 Å². The third kappa shape index (κ3) is 2.99. The summed E-state index contributed by atoms with van der Waals surface area (Å²) in [5.41, 5.74) is 3.78. The van der Waals surface area contributed by atoms with Crippen molar-refractivity contribution in [3.05, 3.63) is 51.7 Å². The predicted octanol–water partition coefficient (Wildman–Crippen LogP) is 0.438. The lowest BCUT2D eigenvalue weighted by Gasteiger charge is -2.36. The van der Waals surface area contributed by atoms with Crippen molar-refractivity contribution in [3.8, 4) is 0 Å². The molecule has 1 saturated heterocycles. The molecule has 2 aliphatic heterocycles. The van der Waals surface area contributed by atoms with Crippen LogP contribution in [-0.4, -0.2) is 37.0 Å². The summed E-state index contributed by atoms with van der Waals surface area (Å²) in [5, 5.41) is 2.04. The number of anilines is 1. The summed E-state index contributed by atoms with van der Waals surface area (Å²) in [7, 11) is 2.18. The van der Waals surface area contributed by atoms with Crippen LogP contribution >= 0.6 is 11.3 Å². The maximum atomic E-state index is 13.0. The highest BCUT2D eigenvalue weighted by Gasteiger charge is 2.43. The zero-order chi connectivity index (χ0) is 16.0. The van der Waals surface area contributed by atoms with E-state index in [1.807, 2.05) is 11.4 Å². The van der Waals surface area contributed by atoms with Crippen molar-refractivity contribution >= 4 is 22.9 Å². The molecule has 128 valence electrons. The molecular weight excluding hydrogens is 340 g/mol. The first-order valence-electron chi connectivity index (χ1n) is 8.27. The number of nitrogens with zero attached hydrogens (tertiary/aromatic N) is 2. The van der Waals surface area contributed by atoms with E-state index in [1.165, 1.54) is 11.1 Å². The van der Waals surface area contributed by atoms with E-state index in [0.717, 1.165) is 30.1 Å². The standard InChI is InChI=1S/C19H22N2OS.ClH/c1-13-5-6-17-15(10-13)16-12-20(2)8-7-18(16)21(17)19(22)11-14-4-3-9-23-14;/h3-6,9-10,16,18H,7-8,11-12H2,1-2H3;1H/p-1. The van der Waals surface area contributed by atoms with Gasteiger partial charge in [0.2, 0.25) is 5.91 Å². The van der Waals surface area contributed by atoms with Crippen LogP contribution in [0.1, 0.15) is 28.3 Å². The Morgan fingerprint density at radius 2 is 2.17 bits per heavy atom. The normalized spacial score (nSPS) is 22.7. The van der Waals surface area contributed by atoms with E-state index in [0.29, 0.717) is 18.4 Å². The Bertz CT molecular complexity index is 731. The van der Waals surface area contributed by atoms with Crippen molar-refractivity contribution in [3.63, 3.8) is 0 Å². The van der Waals surface area contributed by atoms with Crippen LogP contribution in [0, 0.1) is 6.92 Å². The first-order chi connectivity index (χ1) is 11.1. The number of thiophene rings is 1. The molecule has 3 nitrogen and oxygen atoms in total. The van der Waals surface area contributed by atoms with Crippen molar-refractivity contribution in [1.29, 1.82) is 0 Å². The minimum absolute atomic E-state index is 0. The Labute approximate surface area is 153 Å². The zero-order valence-electron chi connectivity index (χ0n) is 14.0. The second-order valence-corrected chi connectivity index (χ2v) is 7.84. The van der Waals surface area contributed by atoms with Crippen LogP contribution in [0.4, 0.5) is 5.69 Å². The van der Waals surface area contributed by atoms with Gasteiger partial charge in [-0.1, -0.05) is 23.8 Å². The fourth-order valence-corrected chi connectivity index (χ4v) is 4.75. The predicted molar refractivity (Wildman–Crippen MR) is 95.3 cm³/mol. The number of amides is 1. The molecule has 0 saturated carbocycles. The smallest absolute Gasteiger partial charge is 0.232 e. The Kier molecular flexibility index (Phi) is 5.00. The topological polar surface area (TPSA) is 23.6 Å². The number of fused-ring (bicyclic) bond motifs is 3. The molecule has 2 atom stereocenters. The van der Waals surface area contributed by atoms with Gasteiger partial charge in [-0.2, -0.15) is 0 Å². The number of carbonyl (C=O) groups is 1. The van der Waals surface area contributed by atoms with Gasteiger partial charge in [-0.05, 0) is 50.0 Å². The molecule has 5 heteroatoms. The third-order valence-corrected chi connectivity index (χ3v) is 6.00. The van der Waals surface area contributed by atoms with Gasteiger partial charge in [0.25, 0.3) is 0 Å². The molecule has 2 unspecified atom stereocenters. The molecule has 0 spiro atoms. The van der Waals surface area contributed by atoms with E-state index < -0.39 is 0 Å². The molecular formula is C19H22ClN2OS-. The first-order valence-corrected chi connectivity index (χ1v) is 9.15. The monoisotopic (exact) mass is 361 g/mol. The van der Waals surface area contributed by atoms with E-state index in [-0.39, 0.29) is 18.3 Å². The summed E-state index contributed by atoms with van der Waals surface area (Å²) in [5.74, 6) is 0.700. The quantitative estimate of drug-likeness (QED) is 0.775. The molecule has 3 heterocycles. The number of hydrogen-bond acceptors (Lipinski definition) is 3. The van der Waals surface area contributed by atoms with Crippen LogP contribution in [0.2, 0.25) is 0 Å². The van der Waals surface area contributed by atoms with Gasteiger partial charge in [0, 0.05) is 29.1 Å². The summed E-state index contributed by atoms with van der Waals surface area (Å²) < 4.78 is 0. The Morgan fingerprint density at radius 1 is 1.33 bits per heavy atom. The number of halogens is 1. The van der Waals surface area contributed by atoms with Gasteiger partial charge >= 0.3 is 0 Å². The van der Waals surface area contributed by atoms with Crippen molar-refractivity contribution in [1.82, 2.24) is 4.90 Å². The molecule has 1 aromatic carbocycles. The largest absolute Gasteiger partial charge is 1.00 e. The van der Waals surface area contributed by atoms with Crippen LogP contribution in [0.15, 0.2) is 35.7 Å². The summed E-state index contributed by atoms with van der Waals surface area (Å²) in [6.07, 6.45) is 1.58. The second kappa shape index (κ2) is 6.87. The van der Waals surface area contributed by atoms with Crippen LogP contribution in [0.25, 0.3) is 0 Å². The number of aryl methyl sites for hydroxylation is 1. The number of likely N-dealkylation sites (tertiary alicyclic amines) is 1. The van der Waals surface area contributed by atoms with Crippen LogP contribution < -0.4 is 17.3 Å². The number of likely N-dealkylation sites (N-methyl/N-ethyl adjacent to an activating group) is 1.